The fraction of sp³-hybridized carbons (Fsp3) is 0.429. The molecule has 0 bridgehead atoms. The van der Waals surface area contributed by atoms with Gasteiger partial charge in [0.2, 0.25) is 5.91 Å². The molecule has 1 amide bonds. The van der Waals surface area contributed by atoms with Crippen LogP contribution in [-0.4, -0.2) is 65.0 Å². The summed E-state index contributed by atoms with van der Waals surface area (Å²) in [5, 5.41) is 14.3. The number of nitrogens with one attached hydrogen (secondary N) is 1. The lowest BCUT2D eigenvalue weighted by atomic mass is 10.1. The van der Waals surface area contributed by atoms with E-state index in [1.165, 1.54) is 6.92 Å². The highest BCUT2D eigenvalue weighted by Gasteiger charge is 2.38. The monoisotopic (exact) mass is 470 g/mol. The molecule has 3 rings (SSSR count). The third-order valence-electron chi connectivity index (χ3n) is 4.80. The minimum absolute atomic E-state index is 0.0367. The van der Waals surface area contributed by atoms with Crippen molar-refractivity contribution < 1.29 is 37.4 Å². The Morgan fingerprint density at radius 3 is 2.12 bits per heavy atom. The number of aryl methyl sites for hydroxylation is 1. The molecule has 12 heteroatoms. The molecule has 0 atom stereocenters. The van der Waals surface area contributed by atoms with E-state index in [-0.39, 0.29) is 18.2 Å². The first kappa shape index (κ1) is 25.8. The van der Waals surface area contributed by atoms with Crippen molar-refractivity contribution in [3.8, 4) is 0 Å². The van der Waals surface area contributed by atoms with Crippen LogP contribution < -0.4 is 10.2 Å². The number of Topliss-reactive ketones (excluding diaryl/α,β-unsaturated/α-hetero) is 1. The van der Waals surface area contributed by atoms with E-state index in [0.29, 0.717) is 17.0 Å². The van der Waals surface area contributed by atoms with E-state index in [1.54, 1.807) is 18.5 Å². The Kier molecular flexibility index (Phi) is 8.57. The molecule has 0 aliphatic carbocycles. The summed E-state index contributed by atoms with van der Waals surface area (Å²) >= 11 is 0. The van der Waals surface area contributed by atoms with E-state index in [2.05, 4.69) is 15.3 Å². The Morgan fingerprint density at radius 2 is 1.67 bits per heavy atom. The number of ketones is 1. The average Bonchev–Trinajstić information content (AvgIpc) is 3.01. The van der Waals surface area contributed by atoms with Crippen molar-refractivity contribution in [2.75, 3.05) is 36.5 Å². The number of amides is 1. The Labute approximate surface area is 188 Å². The van der Waals surface area contributed by atoms with Crippen LogP contribution in [0.1, 0.15) is 28.7 Å². The molecule has 0 saturated carbocycles. The Hall–Kier alpha value is -3.41. The van der Waals surface area contributed by atoms with Gasteiger partial charge in [-0.1, -0.05) is 0 Å². The van der Waals surface area contributed by atoms with Gasteiger partial charge >= 0.3 is 12.1 Å². The maximum Gasteiger partial charge on any atom is 0.490 e. The highest BCUT2D eigenvalue weighted by Crippen LogP contribution is 2.19. The number of morpholine rings is 1. The lowest BCUT2D eigenvalue weighted by Gasteiger charge is -2.28. The van der Waals surface area contributed by atoms with Gasteiger partial charge in [0.15, 0.2) is 5.78 Å². The molecular formula is C21H25F3N4O5. The van der Waals surface area contributed by atoms with Gasteiger partial charge in [0.1, 0.15) is 6.54 Å². The number of alkyl halides is 3. The van der Waals surface area contributed by atoms with Crippen LogP contribution in [0.25, 0.3) is 0 Å². The minimum atomic E-state index is -5.08. The predicted molar refractivity (Wildman–Crippen MR) is 114 cm³/mol. The lowest BCUT2D eigenvalue weighted by Crippen LogP contribution is -2.36. The molecule has 9 nitrogen and oxygen atoms in total. The van der Waals surface area contributed by atoms with Gasteiger partial charge in [-0.15, -0.1) is 0 Å². The molecular weight excluding hydrogens is 445 g/mol. The number of ether oxygens (including phenoxy) is 1. The number of carbonyl (C=O) groups is 3. The molecule has 1 aliphatic heterocycles. The van der Waals surface area contributed by atoms with Gasteiger partial charge in [-0.2, -0.15) is 18.3 Å². The van der Waals surface area contributed by atoms with Gasteiger partial charge in [-0.05, 0) is 45.0 Å². The number of carbonyl (C=O) groups excluding carboxylic acids is 2. The van der Waals surface area contributed by atoms with Crippen LogP contribution in [0.15, 0.2) is 24.3 Å². The third kappa shape index (κ3) is 7.31. The van der Waals surface area contributed by atoms with Gasteiger partial charge in [-0.25, -0.2) is 4.79 Å². The van der Waals surface area contributed by atoms with Crippen molar-refractivity contribution in [3.63, 3.8) is 0 Å². The number of hydrogen-bond acceptors (Lipinski definition) is 6. The van der Waals surface area contributed by atoms with E-state index >= 15 is 0 Å². The van der Waals surface area contributed by atoms with Crippen LogP contribution in [0.5, 0.6) is 0 Å². The van der Waals surface area contributed by atoms with Gasteiger partial charge in [0.25, 0.3) is 0 Å². The number of benzene rings is 1. The molecule has 1 saturated heterocycles. The summed E-state index contributed by atoms with van der Waals surface area (Å²) in [6, 6.07) is 7.78. The van der Waals surface area contributed by atoms with Crippen LogP contribution >= 0.6 is 0 Å². The quantitative estimate of drug-likeness (QED) is 0.646. The zero-order valence-corrected chi connectivity index (χ0v) is 18.4. The number of carboxylic acids is 1. The van der Waals surface area contributed by atoms with E-state index in [0.717, 1.165) is 37.7 Å². The zero-order chi connectivity index (χ0) is 24.8. The second-order valence-electron chi connectivity index (χ2n) is 7.26. The molecule has 33 heavy (non-hydrogen) atoms. The molecule has 0 radical (unpaired) electrons. The summed E-state index contributed by atoms with van der Waals surface area (Å²) in [5.74, 6) is -2.97. The maximum atomic E-state index is 12.3. The van der Waals surface area contributed by atoms with E-state index in [1.807, 2.05) is 24.3 Å². The molecule has 2 aromatic rings. The van der Waals surface area contributed by atoms with Gasteiger partial charge in [0, 0.05) is 30.2 Å². The Balaban J connectivity index is 0.000000479. The molecule has 0 spiro atoms. The summed E-state index contributed by atoms with van der Waals surface area (Å²) in [4.78, 5) is 35.2. The lowest BCUT2D eigenvalue weighted by molar-refractivity contribution is -0.192. The van der Waals surface area contributed by atoms with Gasteiger partial charge in [-0.3, -0.25) is 14.3 Å². The summed E-state index contributed by atoms with van der Waals surface area (Å²) < 4.78 is 38.7. The van der Waals surface area contributed by atoms with Crippen molar-refractivity contribution >= 4 is 29.0 Å². The fourth-order valence-corrected chi connectivity index (χ4v) is 3.27. The molecule has 1 aliphatic rings. The summed E-state index contributed by atoms with van der Waals surface area (Å²) in [6.45, 7) is 8.41. The predicted octanol–water partition coefficient (Wildman–Crippen LogP) is 2.81. The van der Waals surface area contributed by atoms with E-state index in [4.69, 9.17) is 14.6 Å². The zero-order valence-electron chi connectivity index (χ0n) is 18.4. The first-order valence-corrected chi connectivity index (χ1v) is 9.97. The van der Waals surface area contributed by atoms with Crippen molar-refractivity contribution in [1.29, 1.82) is 0 Å². The van der Waals surface area contributed by atoms with Crippen molar-refractivity contribution in [1.82, 2.24) is 9.78 Å². The fourth-order valence-electron chi connectivity index (χ4n) is 3.27. The second kappa shape index (κ2) is 10.9. The number of carboxylic acid groups (broad SMARTS) is 1. The maximum absolute atomic E-state index is 12.3. The summed E-state index contributed by atoms with van der Waals surface area (Å²) in [5.41, 5.74) is 3.81. The Bertz CT molecular complexity index is 997. The molecule has 1 aromatic carbocycles. The smallest absolute Gasteiger partial charge is 0.475 e. The van der Waals surface area contributed by atoms with E-state index < -0.39 is 12.1 Å². The molecule has 2 heterocycles. The second-order valence-corrected chi connectivity index (χ2v) is 7.26. The minimum Gasteiger partial charge on any atom is -0.475 e. The van der Waals surface area contributed by atoms with E-state index in [9.17, 15) is 22.8 Å². The van der Waals surface area contributed by atoms with Crippen molar-refractivity contribution in [3.05, 3.63) is 41.2 Å². The third-order valence-corrected chi connectivity index (χ3v) is 4.80. The average molecular weight is 470 g/mol. The van der Waals surface area contributed by atoms with Gasteiger partial charge in [0.05, 0.1) is 24.5 Å². The first-order valence-electron chi connectivity index (χ1n) is 9.97. The van der Waals surface area contributed by atoms with Crippen LogP contribution in [0.3, 0.4) is 0 Å². The first-order chi connectivity index (χ1) is 15.4. The Morgan fingerprint density at radius 1 is 1.12 bits per heavy atom. The number of nitrogens with zero attached hydrogens (tertiary/aromatic N) is 3. The number of hydrogen-bond donors (Lipinski definition) is 2. The topological polar surface area (TPSA) is 114 Å². The SMILES string of the molecule is CC(=O)c1c(C)nn(CC(=O)Nc2ccc(N3CCOCC3)cc2)c1C.O=C(O)C(F)(F)F. The van der Waals surface area contributed by atoms with Crippen molar-refractivity contribution in [2.45, 2.75) is 33.5 Å². The number of aliphatic carboxylic acids is 1. The van der Waals surface area contributed by atoms with Crippen molar-refractivity contribution in [2.24, 2.45) is 0 Å². The molecule has 1 fully saturated rings. The number of aromatic nitrogens is 2. The van der Waals surface area contributed by atoms with Crippen LogP contribution in [0, 0.1) is 13.8 Å². The van der Waals surface area contributed by atoms with Crippen LogP contribution in [-0.2, 0) is 20.9 Å². The van der Waals surface area contributed by atoms with Crippen LogP contribution in [0.2, 0.25) is 0 Å². The number of rotatable bonds is 5. The standard InChI is InChI=1S/C19H24N4O3.C2HF3O2/c1-13-19(15(3)24)14(2)23(21-13)12-18(25)20-16-4-6-17(7-5-16)22-8-10-26-11-9-22;3-2(4,5)1(6)7/h4-7H,8-12H2,1-3H3,(H,20,25);(H,6,7). The molecule has 2 N–H and O–H groups in total. The van der Waals surface area contributed by atoms with Crippen LogP contribution in [0.4, 0.5) is 24.5 Å². The highest BCUT2D eigenvalue weighted by atomic mass is 19.4. The number of anilines is 2. The van der Waals surface area contributed by atoms with Gasteiger partial charge < -0.3 is 20.1 Å². The summed E-state index contributed by atoms with van der Waals surface area (Å²) in [6.07, 6.45) is -5.08. The largest absolute Gasteiger partial charge is 0.490 e. The molecule has 180 valence electrons. The highest BCUT2D eigenvalue weighted by molar-refractivity contribution is 5.96. The molecule has 1 aromatic heterocycles. The summed E-state index contributed by atoms with van der Waals surface area (Å²) in [7, 11) is 0. The normalized spacial score (nSPS) is 13.7. The number of halogens is 3. The molecule has 0 unspecified atom stereocenters.